The van der Waals surface area contributed by atoms with E-state index in [2.05, 4.69) is 22.2 Å². The Bertz CT molecular complexity index is 285. The van der Waals surface area contributed by atoms with E-state index in [1.807, 2.05) is 0 Å². The Labute approximate surface area is 125 Å². The molecule has 3 nitrogen and oxygen atoms in total. The normalized spacial score (nSPS) is 29.2. The molecule has 0 amide bonds. The summed E-state index contributed by atoms with van der Waals surface area (Å²) in [7, 11) is 2.26. The third-order valence-electron chi connectivity index (χ3n) is 5.66. The van der Waals surface area contributed by atoms with Crippen LogP contribution in [0.4, 0.5) is 0 Å². The van der Waals surface area contributed by atoms with E-state index in [4.69, 9.17) is 0 Å². The lowest BCUT2D eigenvalue weighted by Crippen LogP contribution is -2.51. The fourth-order valence-corrected chi connectivity index (χ4v) is 4.00. The van der Waals surface area contributed by atoms with E-state index in [-0.39, 0.29) is 0 Å². The summed E-state index contributed by atoms with van der Waals surface area (Å²) in [4.78, 5) is 5.22. The first-order valence-corrected chi connectivity index (χ1v) is 8.90. The van der Waals surface area contributed by atoms with Crippen LogP contribution in [0.25, 0.3) is 0 Å². The molecule has 0 radical (unpaired) electrons. The summed E-state index contributed by atoms with van der Waals surface area (Å²) in [5.74, 6) is 0. The minimum absolute atomic E-state index is 0.578. The lowest BCUT2D eigenvalue weighted by atomic mass is 9.79. The second-order valence-electron chi connectivity index (χ2n) is 7.65. The van der Waals surface area contributed by atoms with Crippen LogP contribution in [0, 0.1) is 5.41 Å². The number of hydrogen-bond donors (Lipinski definition) is 1. The van der Waals surface area contributed by atoms with Crippen molar-refractivity contribution in [3.8, 4) is 0 Å². The monoisotopic (exact) mass is 279 g/mol. The molecule has 0 aromatic rings. The Hall–Kier alpha value is -0.120. The van der Waals surface area contributed by atoms with Crippen LogP contribution in [0.1, 0.15) is 51.4 Å². The fraction of sp³-hybridized carbons (Fsp3) is 1.00. The van der Waals surface area contributed by atoms with Crippen molar-refractivity contribution in [2.45, 2.75) is 57.4 Å². The van der Waals surface area contributed by atoms with Crippen LogP contribution in [-0.4, -0.2) is 62.2 Å². The zero-order chi connectivity index (χ0) is 13.8. The number of nitrogens with one attached hydrogen (secondary N) is 1. The maximum absolute atomic E-state index is 3.86. The van der Waals surface area contributed by atoms with Crippen LogP contribution >= 0.6 is 0 Å². The van der Waals surface area contributed by atoms with Gasteiger partial charge < -0.3 is 15.1 Å². The molecule has 3 aliphatic rings. The molecule has 1 N–H and O–H groups in total. The van der Waals surface area contributed by atoms with Crippen molar-refractivity contribution in [1.82, 2.24) is 15.1 Å². The van der Waals surface area contributed by atoms with Crippen molar-refractivity contribution in [2.24, 2.45) is 5.41 Å². The van der Waals surface area contributed by atoms with Crippen molar-refractivity contribution in [3.63, 3.8) is 0 Å². The quantitative estimate of drug-likeness (QED) is 0.779. The number of hydrogen-bond acceptors (Lipinski definition) is 3. The molecule has 0 atom stereocenters. The Morgan fingerprint density at radius 2 is 1.60 bits per heavy atom. The fourth-order valence-electron chi connectivity index (χ4n) is 4.00. The minimum atomic E-state index is 0.578. The molecule has 2 saturated carbocycles. The second-order valence-corrected chi connectivity index (χ2v) is 7.65. The van der Waals surface area contributed by atoms with Gasteiger partial charge in [-0.25, -0.2) is 0 Å². The first-order valence-electron chi connectivity index (χ1n) is 8.90. The van der Waals surface area contributed by atoms with Crippen LogP contribution in [-0.2, 0) is 0 Å². The maximum atomic E-state index is 3.86. The highest BCUT2D eigenvalue weighted by atomic mass is 15.2. The van der Waals surface area contributed by atoms with Crippen molar-refractivity contribution in [2.75, 3.05) is 46.3 Å². The lowest BCUT2D eigenvalue weighted by Gasteiger charge is -2.41. The highest BCUT2D eigenvalue weighted by Gasteiger charge is 2.35. The van der Waals surface area contributed by atoms with E-state index in [1.54, 1.807) is 0 Å². The van der Waals surface area contributed by atoms with Crippen molar-refractivity contribution < 1.29 is 0 Å². The first kappa shape index (κ1) is 14.8. The molecule has 3 fully saturated rings. The summed E-state index contributed by atoms with van der Waals surface area (Å²) < 4.78 is 0. The van der Waals surface area contributed by atoms with Gasteiger partial charge in [-0.1, -0.05) is 25.7 Å². The topological polar surface area (TPSA) is 18.5 Å². The predicted octanol–water partition coefficient (Wildman–Crippen LogP) is 2.33. The van der Waals surface area contributed by atoms with E-state index in [9.17, 15) is 0 Å². The number of rotatable bonds is 5. The van der Waals surface area contributed by atoms with Gasteiger partial charge in [0.05, 0.1) is 0 Å². The molecule has 3 rings (SSSR count). The molecule has 3 heteroatoms. The predicted molar refractivity (Wildman–Crippen MR) is 85.1 cm³/mol. The van der Waals surface area contributed by atoms with Crippen LogP contribution < -0.4 is 5.32 Å². The van der Waals surface area contributed by atoms with Gasteiger partial charge in [0.15, 0.2) is 0 Å². The van der Waals surface area contributed by atoms with E-state index in [0.29, 0.717) is 5.41 Å². The van der Waals surface area contributed by atoms with Gasteiger partial charge >= 0.3 is 0 Å². The van der Waals surface area contributed by atoms with Crippen molar-refractivity contribution >= 4 is 0 Å². The molecule has 0 aromatic heterocycles. The average molecular weight is 279 g/mol. The average Bonchev–Trinajstić information content (AvgIpc) is 3.27. The zero-order valence-corrected chi connectivity index (χ0v) is 13.4. The summed E-state index contributed by atoms with van der Waals surface area (Å²) >= 11 is 0. The van der Waals surface area contributed by atoms with Gasteiger partial charge in [-0.15, -0.1) is 0 Å². The standard InChI is InChI=1S/C17H33N3/c1-19-10-12-20(13-11-19)15-17(14-18-16-6-7-16)8-4-2-3-5-9-17/h16,18H,2-15H2,1H3. The molecule has 1 heterocycles. The third kappa shape index (κ3) is 4.19. The summed E-state index contributed by atoms with van der Waals surface area (Å²) in [6.45, 7) is 7.70. The van der Waals surface area contributed by atoms with E-state index in [1.165, 1.54) is 90.6 Å². The molecule has 0 bridgehead atoms. The number of likely N-dealkylation sites (N-methyl/N-ethyl adjacent to an activating group) is 1. The van der Waals surface area contributed by atoms with Crippen molar-refractivity contribution in [1.29, 1.82) is 0 Å². The van der Waals surface area contributed by atoms with E-state index >= 15 is 0 Å². The van der Waals surface area contributed by atoms with Gasteiger partial charge in [-0.2, -0.15) is 0 Å². The van der Waals surface area contributed by atoms with Gasteiger partial charge in [-0.05, 0) is 38.1 Å². The molecule has 0 unspecified atom stereocenters. The highest BCUT2D eigenvalue weighted by Crippen LogP contribution is 2.36. The van der Waals surface area contributed by atoms with Crippen LogP contribution in [0.15, 0.2) is 0 Å². The van der Waals surface area contributed by atoms with Crippen LogP contribution in [0.5, 0.6) is 0 Å². The van der Waals surface area contributed by atoms with Crippen LogP contribution in [0.3, 0.4) is 0 Å². The Balaban J connectivity index is 1.57. The van der Waals surface area contributed by atoms with Gasteiger partial charge in [0.25, 0.3) is 0 Å². The SMILES string of the molecule is CN1CCN(CC2(CNC3CC3)CCCCCC2)CC1. The molecule has 0 spiro atoms. The summed E-state index contributed by atoms with van der Waals surface area (Å²) in [5.41, 5.74) is 0.578. The molecule has 1 aliphatic heterocycles. The molecule has 116 valence electrons. The molecule has 0 aromatic carbocycles. The Morgan fingerprint density at radius 3 is 2.20 bits per heavy atom. The zero-order valence-electron chi connectivity index (χ0n) is 13.4. The van der Waals surface area contributed by atoms with Crippen LogP contribution in [0.2, 0.25) is 0 Å². The van der Waals surface area contributed by atoms with Crippen molar-refractivity contribution in [3.05, 3.63) is 0 Å². The molecule has 20 heavy (non-hydrogen) atoms. The third-order valence-corrected chi connectivity index (χ3v) is 5.66. The van der Waals surface area contributed by atoms with Gasteiger partial charge in [0.2, 0.25) is 0 Å². The second kappa shape index (κ2) is 6.76. The maximum Gasteiger partial charge on any atom is 0.0110 e. The molecule has 2 aliphatic carbocycles. The van der Waals surface area contributed by atoms with Gasteiger partial charge in [0, 0.05) is 45.3 Å². The van der Waals surface area contributed by atoms with E-state index < -0.39 is 0 Å². The van der Waals surface area contributed by atoms with Gasteiger partial charge in [-0.3, -0.25) is 0 Å². The van der Waals surface area contributed by atoms with Gasteiger partial charge in [0.1, 0.15) is 0 Å². The molecule has 1 saturated heterocycles. The Kier molecular flexibility index (Phi) is 5.00. The smallest absolute Gasteiger partial charge is 0.0110 e. The highest BCUT2D eigenvalue weighted by molar-refractivity contribution is 4.91. The number of nitrogens with zero attached hydrogens (tertiary/aromatic N) is 2. The summed E-state index contributed by atoms with van der Waals surface area (Å²) in [6.07, 6.45) is 11.6. The number of piperazine rings is 1. The summed E-state index contributed by atoms with van der Waals surface area (Å²) in [6, 6.07) is 0.864. The lowest BCUT2D eigenvalue weighted by molar-refractivity contribution is 0.0837. The van der Waals surface area contributed by atoms with E-state index in [0.717, 1.165) is 6.04 Å². The largest absolute Gasteiger partial charge is 0.313 e. The molecular weight excluding hydrogens is 246 g/mol. The molecular formula is C17H33N3. The Morgan fingerprint density at radius 1 is 0.950 bits per heavy atom. The minimum Gasteiger partial charge on any atom is -0.313 e. The summed E-state index contributed by atoms with van der Waals surface area (Å²) in [5, 5.41) is 3.86. The first-order chi connectivity index (χ1) is 9.76.